The van der Waals surface area contributed by atoms with Gasteiger partial charge in [0.05, 0.1) is 17.9 Å². The summed E-state index contributed by atoms with van der Waals surface area (Å²) in [5.41, 5.74) is 3.47. The van der Waals surface area contributed by atoms with Gasteiger partial charge in [0.1, 0.15) is 5.56 Å². The maximum absolute atomic E-state index is 3.10. The third kappa shape index (κ3) is 2.93. The summed E-state index contributed by atoms with van der Waals surface area (Å²) in [5, 5.41) is 0. The van der Waals surface area contributed by atoms with Crippen molar-refractivity contribution in [2.24, 2.45) is 0 Å². The van der Waals surface area contributed by atoms with E-state index < -0.39 is 0 Å². The zero-order valence-electron chi connectivity index (χ0n) is 9.27. The van der Waals surface area contributed by atoms with Gasteiger partial charge in [-0.15, -0.1) is 0 Å². The van der Waals surface area contributed by atoms with Crippen molar-refractivity contribution in [2.75, 3.05) is 0 Å². The van der Waals surface area contributed by atoms with Gasteiger partial charge in [-0.2, -0.15) is 0 Å². The van der Waals surface area contributed by atoms with Gasteiger partial charge >= 0.3 is 0 Å². The zero-order chi connectivity index (χ0) is 11.2. The van der Waals surface area contributed by atoms with Gasteiger partial charge in [-0.3, -0.25) is 0 Å². The Morgan fingerprint density at radius 1 is 0.875 bits per heavy atom. The van der Waals surface area contributed by atoms with Crippen molar-refractivity contribution in [3.63, 3.8) is 0 Å². The molecular weight excluding hydrogens is 192 g/mol. The SMILES string of the molecule is Cc1ccc([CH+]C#Cc2ccccc2)cc1. The molecule has 2 aromatic carbocycles. The van der Waals surface area contributed by atoms with Crippen molar-refractivity contribution in [3.05, 3.63) is 77.7 Å². The van der Waals surface area contributed by atoms with Crippen molar-refractivity contribution in [1.82, 2.24) is 0 Å². The molecule has 0 nitrogen and oxygen atoms in total. The molecule has 0 saturated carbocycles. The summed E-state index contributed by atoms with van der Waals surface area (Å²) in [4.78, 5) is 0. The first-order valence-electron chi connectivity index (χ1n) is 5.31. The minimum Gasteiger partial charge on any atom is -0.0621 e. The summed E-state index contributed by atoms with van der Waals surface area (Å²) in [6.07, 6.45) is 1.94. The van der Waals surface area contributed by atoms with Gasteiger partial charge in [-0.05, 0) is 36.8 Å². The Labute approximate surface area is 96.9 Å². The van der Waals surface area contributed by atoms with Crippen LogP contribution in [0, 0.1) is 25.2 Å². The summed E-state index contributed by atoms with van der Waals surface area (Å²) in [6, 6.07) is 18.3. The van der Waals surface area contributed by atoms with Crippen LogP contribution in [0.3, 0.4) is 0 Å². The molecule has 0 spiro atoms. The smallest absolute Gasteiger partial charge is 0.0621 e. The van der Waals surface area contributed by atoms with E-state index in [9.17, 15) is 0 Å². The van der Waals surface area contributed by atoms with Crippen molar-refractivity contribution in [3.8, 4) is 11.8 Å². The van der Waals surface area contributed by atoms with Crippen LogP contribution >= 0.6 is 0 Å². The number of benzene rings is 2. The van der Waals surface area contributed by atoms with Crippen LogP contribution in [0.15, 0.2) is 54.6 Å². The van der Waals surface area contributed by atoms with Gasteiger partial charge < -0.3 is 0 Å². The van der Waals surface area contributed by atoms with Gasteiger partial charge in [0, 0.05) is 18.1 Å². The molecule has 2 aromatic rings. The van der Waals surface area contributed by atoms with E-state index in [0.717, 1.165) is 11.1 Å². The molecule has 0 amide bonds. The fraction of sp³-hybridized carbons (Fsp3) is 0.0625. The summed E-state index contributed by atoms with van der Waals surface area (Å²) < 4.78 is 0. The molecular formula is C16H13+. The maximum Gasteiger partial charge on any atom is 0.104 e. The number of hydrogen-bond donors (Lipinski definition) is 0. The normalized spacial score (nSPS) is 9.06. The first kappa shape index (κ1) is 10.4. The highest BCUT2D eigenvalue weighted by molar-refractivity contribution is 5.40. The van der Waals surface area contributed by atoms with E-state index in [4.69, 9.17) is 0 Å². The Balaban J connectivity index is 2.03. The Morgan fingerprint density at radius 2 is 1.56 bits per heavy atom. The van der Waals surface area contributed by atoms with E-state index in [0.29, 0.717) is 0 Å². The van der Waals surface area contributed by atoms with Crippen LogP contribution in [0.5, 0.6) is 0 Å². The molecule has 0 heteroatoms. The molecule has 16 heavy (non-hydrogen) atoms. The quantitative estimate of drug-likeness (QED) is 0.493. The second-order valence-corrected chi connectivity index (χ2v) is 3.69. The van der Waals surface area contributed by atoms with Crippen LogP contribution in [0.2, 0.25) is 0 Å². The van der Waals surface area contributed by atoms with Crippen LogP contribution in [0.4, 0.5) is 0 Å². The number of hydrogen-bond acceptors (Lipinski definition) is 0. The van der Waals surface area contributed by atoms with Gasteiger partial charge in [0.15, 0.2) is 0 Å². The monoisotopic (exact) mass is 205 g/mol. The van der Waals surface area contributed by atoms with Gasteiger partial charge in [0.2, 0.25) is 0 Å². The average Bonchev–Trinajstić information content (AvgIpc) is 2.33. The second-order valence-electron chi connectivity index (χ2n) is 3.69. The first-order valence-corrected chi connectivity index (χ1v) is 5.31. The van der Waals surface area contributed by atoms with Gasteiger partial charge in [0.25, 0.3) is 0 Å². The molecule has 0 saturated heterocycles. The van der Waals surface area contributed by atoms with Crippen molar-refractivity contribution < 1.29 is 0 Å². The van der Waals surface area contributed by atoms with Crippen molar-refractivity contribution in [1.29, 1.82) is 0 Å². The van der Waals surface area contributed by atoms with Crippen LogP contribution in [0.1, 0.15) is 16.7 Å². The van der Waals surface area contributed by atoms with E-state index in [-0.39, 0.29) is 0 Å². The fourth-order valence-electron chi connectivity index (χ4n) is 1.39. The molecule has 2 rings (SSSR count). The molecule has 0 aliphatic carbocycles. The largest absolute Gasteiger partial charge is 0.104 e. The van der Waals surface area contributed by atoms with Crippen molar-refractivity contribution in [2.45, 2.75) is 6.92 Å². The van der Waals surface area contributed by atoms with Crippen LogP contribution < -0.4 is 0 Å². The van der Waals surface area contributed by atoms with Crippen molar-refractivity contribution >= 4 is 0 Å². The summed E-state index contributed by atoms with van der Waals surface area (Å²) in [5.74, 6) is 6.16. The Bertz CT molecular complexity index is 495. The second kappa shape index (κ2) is 5.09. The van der Waals surface area contributed by atoms with E-state index in [1.807, 2.05) is 36.8 Å². The highest BCUT2D eigenvalue weighted by Gasteiger charge is 1.96. The van der Waals surface area contributed by atoms with E-state index in [2.05, 4.69) is 43.0 Å². The molecule has 0 aliphatic heterocycles. The van der Waals surface area contributed by atoms with E-state index in [1.54, 1.807) is 0 Å². The third-order valence-corrected chi connectivity index (χ3v) is 2.31. The average molecular weight is 205 g/mol. The molecule has 0 aliphatic rings. The molecule has 0 unspecified atom stereocenters. The zero-order valence-corrected chi connectivity index (χ0v) is 9.27. The first-order chi connectivity index (χ1) is 7.84. The fourth-order valence-corrected chi connectivity index (χ4v) is 1.39. The lowest BCUT2D eigenvalue weighted by molar-refractivity contribution is 1.43. The lowest BCUT2D eigenvalue weighted by Gasteiger charge is -1.88. The molecule has 0 fully saturated rings. The van der Waals surface area contributed by atoms with Gasteiger partial charge in [-0.25, -0.2) is 0 Å². The Hall–Kier alpha value is -2.13. The third-order valence-electron chi connectivity index (χ3n) is 2.31. The van der Waals surface area contributed by atoms with E-state index >= 15 is 0 Å². The highest BCUT2D eigenvalue weighted by atomic mass is 13.9. The predicted octanol–water partition coefficient (Wildman–Crippen LogP) is 3.60. The minimum atomic E-state index is 1.05. The standard InChI is InChI=1S/C16H13/c1-14-10-12-16(13-11-14)9-5-8-15-6-3-2-4-7-15/h2-4,6-7,9-13H,1H3/q+1. The minimum absolute atomic E-state index is 1.05. The van der Waals surface area contributed by atoms with E-state index in [1.165, 1.54) is 5.56 Å². The molecule has 76 valence electrons. The number of aryl methyl sites for hydroxylation is 1. The van der Waals surface area contributed by atoms with Crippen LogP contribution in [-0.4, -0.2) is 0 Å². The molecule has 0 aromatic heterocycles. The molecule has 0 N–H and O–H groups in total. The maximum atomic E-state index is 3.10. The lowest BCUT2D eigenvalue weighted by Crippen LogP contribution is -1.79. The highest BCUT2D eigenvalue weighted by Crippen LogP contribution is 2.04. The molecule has 0 bridgehead atoms. The Morgan fingerprint density at radius 3 is 2.25 bits per heavy atom. The summed E-state index contributed by atoms with van der Waals surface area (Å²) >= 11 is 0. The Kier molecular flexibility index (Phi) is 3.31. The summed E-state index contributed by atoms with van der Waals surface area (Å²) in [7, 11) is 0. The molecule has 0 atom stereocenters. The van der Waals surface area contributed by atoms with Gasteiger partial charge in [-0.1, -0.05) is 18.2 Å². The van der Waals surface area contributed by atoms with Crippen LogP contribution in [0.25, 0.3) is 0 Å². The predicted molar refractivity (Wildman–Crippen MR) is 67.9 cm³/mol. The van der Waals surface area contributed by atoms with Crippen LogP contribution in [-0.2, 0) is 0 Å². The topological polar surface area (TPSA) is 0 Å². The molecule has 0 heterocycles. The lowest BCUT2D eigenvalue weighted by atomic mass is 10.1. The summed E-state index contributed by atoms with van der Waals surface area (Å²) in [6.45, 7) is 2.08. The number of rotatable bonds is 1. The molecule has 0 radical (unpaired) electrons.